The van der Waals surface area contributed by atoms with Crippen molar-refractivity contribution in [3.8, 4) is 0 Å². The second-order valence-electron chi connectivity index (χ2n) is 4.81. The van der Waals surface area contributed by atoms with Crippen LogP contribution in [0.1, 0.15) is 17.3 Å². The summed E-state index contributed by atoms with van der Waals surface area (Å²) in [6.45, 7) is 0. The molecule has 0 aliphatic heterocycles. The van der Waals surface area contributed by atoms with Crippen LogP contribution < -0.4 is 5.32 Å². The standard InChI is InChI=1S/C17H17N3/c1-18-17(11-14-6-2-3-9-20-14)15-7-4-5-13-8-10-19-12-16(13)15/h2-10,12,17-18H,11H2,1H3. The molecule has 0 saturated carbocycles. The zero-order valence-electron chi connectivity index (χ0n) is 11.5. The normalized spacial score (nSPS) is 12.4. The average Bonchev–Trinajstić information content (AvgIpc) is 2.53. The van der Waals surface area contributed by atoms with E-state index < -0.39 is 0 Å². The van der Waals surface area contributed by atoms with Gasteiger partial charge in [0.15, 0.2) is 0 Å². The number of pyridine rings is 2. The highest BCUT2D eigenvalue weighted by atomic mass is 14.9. The summed E-state index contributed by atoms with van der Waals surface area (Å²) in [6, 6.07) is 14.7. The van der Waals surface area contributed by atoms with Crippen LogP contribution in [0.25, 0.3) is 10.8 Å². The van der Waals surface area contributed by atoms with Gasteiger partial charge >= 0.3 is 0 Å². The quantitative estimate of drug-likeness (QED) is 0.786. The highest BCUT2D eigenvalue weighted by molar-refractivity contribution is 5.85. The van der Waals surface area contributed by atoms with Crippen LogP contribution in [0, 0.1) is 0 Å². The topological polar surface area (TPSA) is 37.8 Å². The Kier molecular flexibility index (Phi) is 3.70. The molecule has 1 atom stereocenters. The summed E-state index contributed by atoms with van der Waals surface area (Å²) in [4.78, 5) is 8.67. The van der Waals surface area contributed by atoms with E-state index in [-0.39, 0.29) is 6.04 Å². The van der Waals surface area contributed by atoms with E-state index in [4.69, 9.17) is 0 Å². The second kappa shape index (κ2) is 5.80. The lowest BCUT2D eigenvalue weighted by Crippen LogP contribution is -2.19. The number of benzene rings is 1. The van der Waals surface area contributed by atoms with E-state index in [9.17, 15) is 0 Å². The number of hydrogen-bond acceptors (Lipinski definition) is 3. The fraction of sp³-hybridized carbons (Fsp3) is 0.176. The Bertz CT molecular complexity index is 689. The van der Waals surface area contributed by atoms with Gasteiger partial charge in [-0.15, -0.1) is 0 Å². The summed E-state index contributed by atoms with van der Waals surface area (Å²) in [6.07, 6.45) is 6.48. The third-order valence-corrected chi connectivity index (χ3v) is 3.58. The van der Waals surface area contributed by atoms with Crippen molar-refractivity contribution in [3.63, 3.8) is 0 Å². The third kappa shape index (κ3) is 2.53. The minimum Gasteiger partial charge on any atom is -0.313 e. The Morgan fingerprint density at radius 2 is 2.00 bits per heavy atom. The van der Waals surface area contributed by atoms with Crippen molar-refractivity contribution in [1.29, 1.82) is 0 Å². The molecule has 0 amide bonds. The van der Waals surface area contributed by atoms with Crippen molar-refractivity contribution in [2.75, 3.05) is 7.05 Å². The van der Waals surface area contributed by atoms with Crippen molar-refractivity contribution in [2.24, 2.45) is 0 Å². The molecule has 3 nitrogen and oxygen atoms in total. The summed E-state index contributed by atoms with van der Waals surface area (Å²) in [5, 5.41) is 5.81. The molecule has 3 aromatic rings. The van der Waals surface area contributed by atoms with Crippen LogP contribution in [-0.4, -0.2) is 17.0 Å². The summed E-state index contributed by atoms with van der Waals surface area (Å²) in [5.74, 6) is 0. The number of rotatable bonds is 4. The molecular weight excluding hydrogens is 246 g/mol. The van der Waals surface area contributed by atoms with Crippen LogP contribution in [0.3, 0.4) is 0 Å². The first-order chi connectivity index (χ1) is 9.88. The van der Waals surface area contributed by atoms with Gasteiger partial charge in [-0.3, -0.25) is 9.97 Å². The summed E-state index contributed by atoms with van der Waals surface area (Å²) >= 11 is 0. The van der Waals surface area contributed by atoms with Crippen LogP contribution >= 0.6 is 0 Å². The van der Waals surface area contributed by atoms with Crippen LogP contribution in [0.4, 0.5) is 0 Å². The van der Waals surface area contributed by atoms with Crippen molar-refractivity contribution in [2.45, 2.75) is 12.5 Å². The molecular formula is C17H17N3. The lowest BCUT2D eigenvalue weighted by Gasteiger charge is -2.18. The largest absolute Gasteiger partial charge is 0.313 e. The highest BCUT2D eigenvalue weighted by Crippen LogP contribution is 2.25. The number of nitrogens with zero attached hydrogens (tertiary/aromatic N) is 2. The molecule has 20 heavy (non-hydrogen) atoms. The van der Waals surface area contributed by atoms with Gasteiger partial charge in [0.25, 0.3) is 0 Å². The molecule has 0 fully saturated rings. The third-order valence-electron chi connectivity index (χ3n) is 3.58. The van der Waals surface area contributed by atoms with Crippen molar-refractivity contribution in [3.05, 3.63) is 72.3 Å². The number of hydrogen-bond donors (Lipinski definition) is 1. The number of aromatic nitrogens is 2. The van der Waals surface area contributed by atoms with Gasteiger partial charge in [0, 0.05) is 42.1 Å². The molecule has 2 heterocycles. The first-order valence-electron chi connectivity index (χ1n) is 6.78. The molecule has 0 radical (unpaired) electrons. The fourth-order valence-electron chi connectivity index (χ4n) is 2.54. The smallest absolute Gasteiger partial charge is 0.0422 e. The van der Waals surface area contributed by atoms with Crippen LogP contribution in [0.2, 0.25) is 0 Å². The maximum atomic E-state index is 4.42. The first kappa shape index (κ1) is 12.8. The van der Waals surface area contributed by atoms with E-state index in [1.807, 2.05) is 43.8 Å². The maximum absolute atomic E-state index is 4.42. The molecule has 1 unspecified atom stereocenters. The van der Waals surface area contributed by atoms with Crippen LogP contribution in [0.15, 0.2) is 61.1 Å². The monoisotopic (exact) mass is 263 g/mol. The molecule has 100 valence electrons. The minimum atomic E-state index is 0.234. The predicted molar refractivity (Wildman–Crippen MR) is 81.5 cm³/mol. The van der Waals surface area contributed by atoms with Gasteiger partial charge < -0.3 is 5.32 Å². The zero-order chi connectivity index (χ0) is 13.8. The fourth-order valence-corrected chi connectivity index (χ4v) is 2.54. The molecule has 1 N–H and O–H groups in total. The summed E-state index contributed by atoms with van der Waals surface area (Å²) in [7, 11) is 1.99. The molecule has 0 saturated heterocycles. The predicted octanol–water partition coefficient (Wildman–Crippen LogP) is 3.13. The lowest BCUT2D eigenvalue weighted by molar-refractivity contribution is 0.588. The van der Waals surface area contributed by atoms with Gasteiger partial charge in [0.05, 0.1) is 0 Å². The number of nitrogens with one attached hydrogen (secondary N) is 1. The highest BCUT2D eigenvalue weighted by Gasteiger charge is 2.13. The minimum absolute atomic E-state index is 0.234. The van der Waals surface area contributed by atoms with Gasteiger partial charge in [-0.1, -0.05) is 24.3 Å². The van der Waals surface area contributed by atoms with Crippen LogP contribution in [0.5, 0.6) is 0 Å². The van der Waals surface area contributed by atoms with Crippen molar-refractivity contribution < 1.29 is 0 Å². The van der Waals surface area contributed by atoms with E-state index in [0.717, 1.165) is 12.1 Å². The van der Waals surface area contributed by atoms with E-state index in [1.54, 1.807) is 0 Å². The van der Waals surface area contributed by atoms with E-state index in [0.29, 0.717) is 0 Å². The lowest BCUT2D eigenvalue weighted by atomic mass is 9.97. The molecule has 0 aliphatic carbocycles. The van der Waals surface area contributed by atoms with Gasteiger partial charge in [-0.2, -0.15) is 0 Å². The SMILES string of the molecule is CNC(Cc1ccccn1)c1cccc2ccncc12. The van der Waals surface area contributed by atoms with Crippen LogP contribution in [-0.2, 0) is 6.42 Å². The first-order valence-corrected chi connectivity index (χ1v) is 6.78. The Labute approximate surface area is 118 Å². The average molecular weight is 263 g/mol. The molecule has 2 aromatic heterocycles. The van der Waals surface area contributed by atoms with E-state index in [1.165, 1.54) is 16.3 Å². The molecule has 0 spiro atoms. The second-order valence-corrected chi connectivity index (χ2v) is 4.81. The molecule has 3 heteroatoms. The molecule has 1 aromatic carbocycles. The Balaban J connectivity index is 1.99. The Morgan fingerprint density at radius 1 is 1.05 bits per heavy atom. The number of likely N-dealkylation sites (N-methyl/N-ethyl adjacent to an activating group) is 1. The maximum Gasteiger partial charge on any atom is 0.0422 e. The van der Waals surface area contributed by atoms with Gasteiger partial charge in [0.1, 0.15) is 0 Å². The summed E-state index contributed by atoms with van der Waals surface area (Å²) in [5.41, 5.74) is 2.36. The molecule has 3 rings (SSSR count). The van der Waals surface area contributed by atoms with E-state index in [2.05, 4.69) is 39.6 Å². The Hall–Kier alpha value is -2.26. The van der Waals surface area contributed by atoms with Gasteiger partial charge in [-0.05, 0) is 36.2 Å². The summed E-state index contributed by atoms with van der Waals surface area (Å²) < 4.78 is 0. The zero-order valence-corrected chi connectivity index (χ0v) is 11.5. The van der Waals surface area contributed by atoms with Gasteiger partial charge in [-0.25, -0.2) is 0 Å². The van der Waals surface area contributed by atoms with Crippen molar-refractivity contribution >= 4 is 10.8 Å². The number of fused-ring (bicyclic) bond motifs is 1. The van der Waals surface area contributed by atoms with Crippen molar-refractivity contribution in [1.82, 2.24) is 15.3 Å². The van der Waals surface area contributed by atoms with E-state index >= 15 is 0 Å². The molecule has 0 bridgehead atoms. The Morgan fingerprint density at radius 3 is 2.80 bits per heavy atom. The molecule has 0 aliphatic rings. The van der Waals surface area contributed by atoms with Gasteiger partial charge in [0.2, 0.25) is 0 Å².